The fourth-order valence-corrected chi connectivity index (χ4v) is 3.94. The third kappa shape index (κ3) is 4.21. The van der Waals surface area contributed by atoms with Crippen molar-refractivity contribution < 1.29 is 27.2 Å². The molecular formula is C25H18F4N4O2. The molecule has 2 heterocycles. The van der Waals surface area contributed by atoms with E-state index in [4.69, 9.17) is 5.26 Å². The van der Waals surface area contributed by atoms with Crippen molar-refractivity contribution >= 4 is 17.6 Å². The molecule has 1 aromatic heterocycles. The minimum Gasteiger partial charge on any atom is -0.305 e. The largest absolute Gasteiger partial charge is 0.417 e. The number of hydrogen-bond acceptors (Lipinski definition) is 4. The number of alkyl halides is 3. The van der Waals surface area contributed by atoms with E-state index in [0.29, 0.717) is 27.7 Å². The maximum atomic E-state index is 14.8. The number of nitriles is 1. The summed E-state index contributed by atoms with van der Waals surface area (Å²) in [6, 6.07) is 11.0. The summed E-state index contributed by atoms with van der Waals surface area (Å²) in [6.45, 7) is 2.77. The van der Waals surface area contributed by atoms with E-state index in [2.05, 4.69) is 4.98 Å². The van der Waals surface area contributed by atoms with E-state index in [9.17, 15) is 27.2 Å². The second kappa shape index (κ2) is 8.51. The van der Waals surface area contributed by atoms with Crippen LogP contribution in [0.1, 0.15) is 30.5 Å². The first-order valence-corrected chi connectivity index (χ1v) is 10.4. The first-order valence-electron chi connectivity index (χ1n) is 10.4. The normalized spacial score (nSPS) is 15.5. The van der Waals surface area contributed by atoms with Crippen LogP contribution < -0.4 is 4.90 Å². The minimum absolute atomic E-state index is 0.149. The first-order chi connectivity index (χ1) is 16.4. The number of imide groups is 1. The molecule has 35 heavy (non-hydrogen) atoms. The Labute approximate surface area is 198 Å². The molecule has 1 aliphatic heterocycles. The summed E-state index contributed by atoms with van der Waals surface area (Å²) in [5.41, 5.74) is -2.25. The lowest BCUT2D eigenvalue weighted by Gasteiger charge is -2.27. The van der Waals surface area contributed by atoms with E-state index >= 15 is 0 Å². The van der Waals surface area contributed by atoms with Crippen LogP contribution in [0.25, 0.3) is 11.1 Å². The number of nitrogens with zero attached hydrogens (tertiary/aromatic N) is 4. The Morgan fingerprint density at radius 2 is 1.71 bits per heavy atom. The lowest BCUT2D eigenvalue weighted by molar-refractivity contribution is -0.137. The van der Waals surface area contributed by atoms with Gasteiger partial charge in [-0.15, -0.1) is 0 Å². The van der Waals surface area contributed by atoms with Crippen molar-refractivity contribution in [2.75, 3.05) is 4.90 Å². The SMILES string of the molecule is CC1(C)C(=O)N(c2ccc(C#N)c(C(F)(F)F)c2)C(=O)N1Cc1ccc(-c2ccncc2)c(F)c1. The molecule has 0 saturated carbocycles. The zero-order chi connectivity index (χ0) is 25.5. The van der Waals surface area contributed by atoms with Gasteiger partial charge in [-0.1, -0.05) is 12.1 Å². The molecule has 10 heteroatoms. The Kier molecular flexibility index (Phi) is 5.80. The number of carbonyl (C=O) groups excluding carboxylic acids is 2. The molecule has 0 N–H and O–H groups in total. The summed E-state index contributed by atoms with van der Waals surface area (Å²) in [7, 11) is 0. The van der Waals surface area contributed by atoms with E-state index < -0.39 is 40.6 Å². The minimum atomic E-state index is -4.85. The Balaban J connectivity index is 1.67. The van der Waals surface area contributed by atoms with Gasteiger partial charge >= 0.3 is 12.2 Å². The van der Waals surface area contributed by atoms with Crippen LogP contribution in [0, 0.1) is 17.1 Å². The van der Waals surface area contributed by atoms with Crippen LogP contribution in [0.3, 0.4) is 0 Å². The number of benzene rings is 2. The molecule has 0 radical (unpaired) electrons. The number of anilines is 1. The van der Waals surface area contributed by atoms with E-state index in [1.807, 2.05) is 0 Å². The highest BCUT2D eigenvalue weighted by Crippen LogP contribution is 2.38. The molecule has 0 unspecified atom stereocenters. The second-order valence-electron chi connectivity index (χ2n) is 8.46. The van der Waals surface area contributed by atoms with Gasteiger partial charge in [0.05, 0.1) is 22.9 Å². The zero-order valence-electron chi connectivity index (χ0n) is 18.6. The molecule has 0 atom stereocenters. The topological polar surface area (TPSA) is 77.3 Å². The number of pyridine rings is 1. The predicted octanol–water partition coefficient (Wildman–Crippen LogP) is 5.53. The maximum Gasteiger partial charge on any atom is 0.417 e. The zero-order valence-corrected chi connectivity index (χ0v) is 18.6. The molecule has 0 bridgehead atoms. The van der Waals surface area contributed by atoms with Crippen molar-refractivity contribution in [1.29, 1.82) is 5.26 Å². The van der Waals surface area contributed by atoms with Gasteiger partial charge in [-0.25, -0.2) is 14.1 Å². The van der Waals surface area contributed by atoms with Crippen LogP contribution in [0.4, 0.5) is 28.0 Å². The van der Waals surface area contributed by atoms with Gasteiger partial charge in [0, 0.05) is 24.5 Å². The van der Waals surface area contributed by atoms with Gasteiger partial charge in [-0.3, -0.25) is 9.78 Å². The van der Waals surface area contributed by atoms with Crippen LogP contribution in [0.15, 0.2) is 60.9 Å². The van der Waals surface area contributed by atoms with Gasteiger partial charge in [0.1, 0.15) is 11.4 Å². The Morgan fingerprint density at radius 1 is 1.03 bits per heavy atom. The molecule has 4 rings (SSSR count). The Bertz CT molecular complexity index is 1360. The molecule has 2 aromatic carbocycles. The molecule has 3 aromatic rings. The number of urea groups is 1. The Hall–Kier alpha value is -4.26. The van der Waals surface area contributed by atoms with Crippen molar-refractivity contribution in [2.24, 2.45) is 0 Å². The van der Waals surface area contributed by atoms with Gasteiger partial charge in [-0.2, -0.15) is 18.4 Å². The first kappa shape index (κ1) is 23.9. The fourth-order valence-electron chi connectivity index (χ4n) is 3.94. The summed E-state index contributed by atoms with van der Waals surface area (Å²) in [5, 5.41) is 9.01. The van der Waals surface area contributed by atoms with Crippen molar-refractivity contribution in [1.82, 2.24) is 9.88 Å². The van der Waals surface area contributed by atoms with Crippen LogP contribution in [-0.2, 0) is 17.5 Å². The van der Waals surface area contributed by atoms with E-state index in [1.54, 1.807) is 24.3 Å². The maximum absolute atomic E-state index is 14.8. The lowest BCUT2D eigenvalue weighted by Crippen LogP contribution is -2.43. The highest BCUT2D eigenvalue weighted by Gasteiger charge is 2.52. The van der Waals surface area contributed by atoms with E-state index in [1.165, 1.54) is 43.3 Å². The van der Waals surface area contributed by atoms with Crippen molar-refractivity contribution in [3.05, 3.63) is 83.4 Å². The van der Waals surface area contributed by atoms with E-state index in [0.717, 1.165) is 12.1 Å². The standard InChI is InChI=1S/C25H18F4N4O2/c1-24(2)22(34)33(18-5-4-17(13-30)20(12-18)25(27,28)29)23(35)32(24)14-15-3-6-19(21(26)11-15)16-7-9-31-10-8-16/h3-12H,14H2,1-2H3. The molecule has 178 valence electrons. The number of rotatable bonds is 4. The highest BCUT2D eigenvalue weighted by atomic mass is 19.4. The summed E-state index contributed by atoms with van der Waals surface area (Å²) in [4.78, 5) is 32.0. The van der Waals surface area contributed by atoms with Gasteiger partial charge in [0.15, 0.2) is 0 Å². The summed E-state index contributed by atoms with van der Waals surface area (Å²) in [5.74, 6) is -1.28. The summed E-state index contributed by atoms with van der Waals surface area (Å²) < 4.78 is 55.1. The van der Waals surface area contributed by atoms with Gasteiger partial charge < -0.3 is 4.90 Å². The molecule has 1 fully saturated rings. The molecule has 1 aliphatic rings. The fraction of sp³-hybridized carbons (Fsp3) is 0.200. The molecule has 0 aliphatic carbocycles. The quantitative estimate of drug-likeness (QED) is 0.362. The number of amides is 3. The average Bonchev–Trinajstić information content (AvgIpc) is 2.98. The average molecular weight is 482 g/mol. The smallest absolute Gasteiger partial charge is 0.305 e. The van der Waals surface area contributed by atoms with Crippen LogP contribution in [-0.4, -0.2) is 27.4 Å². The Morgan fingerprint density at radius 3 is 2.31 bits per heavy atom. The van der Waals surface area contributed by atoms with Gasteiger partial charge in [-0.05, 0) is 61.4 Å². The van der Waals surface area contributed by atoms with Crippen molar-refractivity contribution in [2.45, 2.75) is 32.1 Å². The molecule has 6 nitrogen and oxygen atoms in total. The molecular weight excluding hydrogens is 464 g/mol. The van der Waals surface area contributed by atoms with Crippen LogP contribution in [0.5, 0.6) is 0 Å². The third-order valence-electron chi connectivity index (χ3n) is 5.88. The van der Waals surface area contributed by atoms with E-state index in [-0.39, 0.29) is 12.2 Å². The van der Waals surface area contributed by atoms with Crippen molar-refractivity contribution in [3.63, 3.8) is 0 Å². The predicted molar refractivity (Wildman–Crippen MR) is 118 cm³/mol. The van der Waals surface area contributed by atoms with Gasteiger partial charge in [0.2, 0.25) is 0 Å². The molecule has 1 saturated heterocycles. The number of hydrogen-bond donors (Lipinski definition) is 0. The summed E-state index contributed by atoms with van der Waals surface area (Å²) >= 11 is 0. The molecule has 3 amide bonds. The highest BCUT2D eigenvalue weighted by molar-refractivity contribution is 6.23. The monoisotopic (exact) mass is 482 g/mol. The van der Waals surface area contributed by atoms with Crippen molar-refractivity contribution in [3.8, 4) is 17.2 Å². The number of aromatic nitrogens is 1. The molecule has 0 spiro atoms. The lowest BCUT2D eigenvalue weighted by atomic mass is 10.0. The van der Waals surface area contributed by atoms with Crippen LogP contribution >= 0.6 is 0 Å². The summed E-state index contributed by atoms with van der Waals surface area (Å²) in [6.07, 6.45) is -1.79. The third-order valence-corrected chi connectivity index (χ3v) is 5.88. The van der Waals surface area contributed by atoms with Crippen LogP contribution in [0.2, 0.25) is 0 Å². The second-order valence-corrected chi connectivity index (χ2v) is 8.46. The van der Waals surface area contributed by atoms with Gasteiger partial charge in [0.25, 0.3) is 5.91 Å². The number of halogens is 4. The number of carbonyl (C=O) groups is 2.